The average molecular weight is 609 g/mol. The van der Waals surface area contributed by atoms with Crippen molar-refractivity contribution >= 4 is 34.2 Å². The molecule has 10 heteroatoms. The molecule has 2 aromatic heterocycles. The Morgan fingerprint density at radius 1 is 0.933 bits per heavy atom. The van der Waals surface area contributed by atoms with E-state index in [0.29, 0.717) is 24.6 Å². The molecule has 0 aliphatic carbocycles. The van der Waals surface area contributed by atoms with E-state index in [0.717, 1.165) is 85.6 Å². The van der Waals surface area contributed by atoms with Gasteiger partial charge in [0.1, 0.15) is 17.6 Å². The number of likely N-dealkylation sites (tertiary alicyclic amines) is 1. The summed E-state index contributed by atoms with van der Waals surface area (Å²) in [5.41, 5.74) is 4.45. The van der Waals surface area contributed by atoms with Crippen molar-refractivity contribution in [2.75, 3.05) is 43.3 Å². The number of benzene rings is 3. The first-order valence-electron chi connectivity index (χ1n) is 15.7. The van der Waals surface area contributed by atoms with Gasteiger partial charge in [-0.25, -0.2) is 5.84 Å². The molecule has 234 valence electrons. The Labute approximate surface area is 263 Å². The second-order valence-corrected chi connectivity index (χ2v) is 12.0. The number of aromatic nitrogens is 2. The zero-order valence-corrected chi connectivity index (χ0v) is 25.7. The van der Waals surface area contributed by atoms with Gasteiger partial charge in [-0.15, -0.1) is 0 Å². The van der Waals surface area contributed by atoms with Gasteiger partial charge in [-0.3, -0.25) is 9.91 Å². The minimum atomic E-state index is 0.0787. The first-order chi connectivity index (χ1) is 22.1. The Hall–Kier alpha value is -4.54. The van der Waals surface area contributed by atoms with Gasteiger partial charge in [0.15, 0.2) is 22.7 Å². The number of nitrogens with zero attached hydrogens (tertiary/aromatic N) is 5. The molecule has 2 N–H and O–H groups in total. The van der Waals surface area contributed by atoms with Crippen molar-refractivity contribution < 1.29 is 18.3 Å². The van der Waals surface area contributed by atoms with Gasteiger partial charge in [0.2, 0.25) is 0 Å². The Morgan fingerprint density at radius 3 is 2.38 bits per heavy atom. The number of para-hydroxylation sites is 4. The van der Waals surface area contributed by atoms with Crippen LogP contribution in [0, 0.1) is 5.92 Å². The Morgan fingerprint density at radius 2 is 1.67 bits per heavy atom. The van der Waals surface area contributed by atoms with Crippen LogP contribution in [0.3, 0.4) is 0 Å². The molecule has 3 aromatic carbocycles. The molecule has 2 fully saturated rings. The monoisotopic (exact) mass is 608 g/mol. The van der Waals surface area contributed by atoms with E-state index in [4.69, 9.17) is 29.1 Å². The number of methoxy groups -OCH3 is 1. The van der Waals surface area contributed by atoms with Crippen LogP contribution in [0.15, 0.2) is 88.2 Å². The third-order valence-corrected chi connectivity index (χ3v) is 9.21. The number of ether oxygens (including phenoxy) is 2. The average Bonchev–Trinajstić information content (AvgIpc) is 3.72. The lowest BCUT2D eigenvalue weighted by Gasteiger charge is -2.46. The lowest BCUT2D eigenvalue weighted by Crippen LogP contribution is -2.56. The molecule has 4 heterocycles. The van der Waals surface area contributed by atoms with Crippen LogP contribution in [0.5, 0.6) is 11.5 Å². The van der Waals surface area contributed by atoms with Gasteiger partial charge in [0.05, 0.1) is 13.2 Å². The molecule has 0 amide bonds. The molecule has 10 nitrogen and oxygen atoms in total. The minimum absolute atomic E-state index is 0.0787. The highest BCUT2D eigenvalue weighted by Gasteiger charge is 2.40. The van der Waals surface area contributed by atoms with Crippen molar-refractivity contribution in [2.24, 2.45) is 11.8 Å². The van der Waals surface area contributed by atoms with Crippen molar-refractivity contribution in [3.8, 4) is 11.5 Å². The second-order valence-electron chi connectivity index (χ2n) is 12.0. The summed E-state index contributed by atoms with van der Waals surface area (Å²) in [5.74, 6) is 8.67. The molecule has 2 unspecified atom stereocenters. The molecule has 2 aliphatic rings. The van der Waals surface area contributed by atoms with Gasteiger partial charge in [-0.05, 0) is 86.7 Å². The summed E-state index contributed by atoms with van der Waals surface area (Å²) in [6, 6.07) is 23.4. The van der Waals surface area contributed by atoms with Gasteiger partial charge in [0, 0.05) is 19.1 Å². The maximum atomic E-state index is 6.73. The Balaban J connectivity index is 1.08. The Kier molecular flexibility index (Phi) is 8.32. The highest BCUT2D eigenvalue weighted by atomic mass is 16.5. The van der Waals surface area contributed by atoms with Crippen LogP contribution in [-0.4, -0.2) is 60.3 Å². The van der Waals surface area contributed by atoms with Crippen LogP contribution < -0.4 is 25.2 Å². The highest BCUT2D eigenvalue weighted by molar-refractivity contribution is 5.75. The van der Waals surface area contributed by atoms with Gasteiger partial charge < -0.3 is 23.2 Å². The third-order valence-electron chi connectivity index (χ3n) is 9.21. The topological polar surface area (TPSA) is 106 Å². The van der Waals surface area contributed by atoms with Crippen LogP contribution in [0.25, 0.3) is 22.2 Å². The quantitative estimate of drug-likeness (QED) is 0.112. The van der Waals surface area contributed by atoms with E-state index in [9.17, 15) is 0 Å². The van der Waals surface area contributed by atoms with E-state index in [2.05, 4.69) is 33.5 Å². The second kappa shape index (κ2) is 12.8. The van der Waals surface area contributed by atoms with E-state index in [-0.39, 0.29) is 12.1 Å². The SMILES string of the molecule is C=CCOc1cc(CN2CCC(C3CC(N(N)c4nc5ccccc5o4)CCN3c3nc4ccccc4o3)CC2)ccc1OC. The maximum absolute atomic E-state index is 6.73. The fraction of sp³-hybridized carbons (Fsp3) is 0.371. The molecular weight excluding hydrogens is 568 g/mol. The molecule has 0 radical (unpaired) electrons. The van der Waals surface area contributed by atoms with Gasteiger partial charge in [-0.2, -0.15) is 9.97 Å². The first kappa shape index (κ1) is 29.2. The molecule has 2 saturated heterocycles. The van der Waals surface area contributed by atoms with E-state index in [1.54, 1.807) is 18.2 Å². The Bertz CT molecular complexity index is 1690. The number of nitrogens with two attached hydrogens (primary N) is 1. The minimum Gasteiger partial charge on any atom is -0.493 e. The lowest BCUT2D eigenvalue weighted by atomic mass is 9.82. The third kappa shape index (κ3) is 6.08. The normalized spacial score (nSPS) is 19.6. The van der Waals surface area contributed by atoms with Crippen LogP contribution in [0.4, 0.5) is 12.0 Å². The number of hydrazine groups is 1. The molecule has 2 atom stereocenters. The standard InChI is InChI=1S/C35H40N6O4/c1-3-20-43-33-21-24(12-13-32(33)42-2)23-39-17-14-25(15-18-39)29-22-26(41(36)35-38-28-9-5-7-11-31(28)45-35)16-19-40(29)34-37-27-8-4-6-10-30(27)44-34/h3-13,21,25-26,29H,1,14-20,22-23,36H2,2H3. The molecule has 45 heavy (non-hydrogen) atoms. The van der Waals surface area contributed by atoms with Crippen LogP contribution in [0.1, 0.15) is 31.2 Å². The van der Waals surface area contributed by atoms with E-state index >= 15 is 0 Å². The van der Waals surface area contributed by atoms with Gasteiger partial charge in [-0.1, -0.05) is 43.0 Å². The summed E-state index contributed by atoms with van der Waals surface area (Å²) in [5, 5.41) is 1.74. The van der Waals surface area contributed by atoms with E-state index in [1.165, 1.54) is 5.56 Å². The number of anilines is 2. The summed E-state index contributed by atoms with van der Waals surface area (Å²) in [6.45, 7) is 7.85. The summed E-state index contributed by atoms with van der Waals surface area (Å²) < 4.78 is 23.7. The van der Waals surface area contributed by atoms with Crippen molar-refractivity contribution in [1.82, 2.24) is 14.9 Å². The maximum Gasteiger partial charge on any atom is 0.313 e. The molecular formula is C35H40N6O4. The number of hydrogen-bond acceptors (Lipinski definition) is 10. The highest BCUT2D eigenvalue weighted by Crippen LogP contribution is 2.37. The van der Waals surface area contributed by atoms with Crippen LogP contribution in [0.2, 0.25) is 0 Å². The molecule has 5 aromatic rings. The fourth-order valence-corrected chi connectivity index (χ4v) is 6.86. The molecule has 0 saturated carbocycles. The summed E-state index contributed by atoms with van der Waals surface area (Å²) in [6.07, 6.45) is 5.58. The van der Waals surface area contributed by atoms with Crippen molar-refractivity contribution in [2.45, 2.75) is 44.3 Å². The first-order valence-corrected chi connectivity index (χ1v) is 15.7. The van der Waals surface area contributed by atoms with Gasteiger partial charge in [0.25, 0.3) is 6.01 Å². The van der Waals surface area contributed by atoms with Crippen LogP contribution in [-0.2, 0) is 6.54 Å². The van der Waals surface area contributed by atoms with Gasteiger partial charge >= 0.3 is 6.01 Å². The van der Waals surface area contributed by atoms with Crippen molar-refractivity contribution in [3.63, 3.8) is 0 Å². The predicted octanol–water partition coefficient (Wildman–Crippen LogP) is 6.17. The number of fused-ring (bicyclic) bond motifs is 2. The number of oxazole rings is 2. The smallest absolute Gasteiger partial charge is 0.313 e. The zero-order valence-electron chi connectivity index (χ0n) is 25.7. The summed E-state index contributed by atoms with van der Waals surface area (Å²) in [4.78, 5) is 14.5. The van der Waals surface area contributed by atoms with Crippen molar-refractivity contribution in [3.05, 3.63) is 84.9 Å². The largest absolute Gasteiger partial charge is 0.493 e. The number of rotatable bonds is 10. The molecule has 2 aliphatic heterocycles. The van der Waals surface area contributed by atoms with E-state index in [1.807, 2.05) is 54.6 Å². The number of piperidine rings is 2. The molecule has 0 bridgehead atoms. The predicted molar refractivity (Wildman–Crippen MR) is 176 cm³/mol. The lowest BCUT2D eigenvalue weighted by molar-refractivity contribution is 0.146. The van der Waals surface area contributed by atoms with Crippen LogP contribution >= 0.6 is 0 Å². The number of hydrogen-bond donors (Lipinski definition) is 1. The van der Waals surface area contributed by atoms with E-state index < -0.39 is 0 Å². The molecule has 7 rings (SSSR count). The molecule has 0 spiro atoms. The summed E-state index contributed by atoms with van der Waals surface area (Å²) in [7, 11) is 1.66. The van der Waals surface area contributed by atoms with Crippen molar-refractivity contribution in [1.29, 1.82) is 0 Å². The fourth-order valence-electron chi connectivity index (χ4n) is 6.86. The zero-order chi connectivity index (χ0) is 30.8. The summed E-state index contributed by atoms with van der Waals surface area (Å²) >= 11 is 0.